The van der Waals surface area contributed by atoms with Crippen LogP contribution in [0.2, 0.25) is 10.0 Å². The highest BCUT2D eigenvalue weighted by molar-refractivity contribution is 6.37. The number of hydrogen-bond acceptors (Lipinski definition) is 2. The quantitative estimate of drug-likeness (QED) is 0.851. The molecule has 2 rings (SSSR count). The van der Waals surface area contributed by atoms with Crippen LogP contribution in [0.5, 0.6) is 0 Å². The Kier molecular flexibility index (Phi) is 2.90. The zero-order chi connectivity index (χ0) is 11.7. The molecule has 0 radical (unpaired) electrons. The van der Waals surface area contributed by atoms with Gasteiger partial charge in [-0.1, -0.05) is 29.3 Å². The third kappa shape index (κ3) is 1.92. The molecular formula is C11H8Cl2N2O. The van der Waals surface area contributed by atoms with Crippen LogP contribution >= 0.6 is 23.2 Å². The Morgan fingerprint density at radius 2 is 1.75 bits per heavy atom. The van der Waals surface area contributed by atoms with Gasteiger partial charge in [-0.3, -0.25) is 9.36 Å². The van der Waals surface area contributed by atoms with Crippen molar-refractivity contribution >= 4 is 28.9 Å². The number of nitrogens with zero attached hydrogens (tertiary/aromatic N) is 1. The molecule has 0 aliphatic carbocycles. The lowest BCUT2D eigenvalue weighted by Crippen LogP contribution is -2.17. The van der Waals surface area contributed by atoms with E-state index in [1.54, 1.807) is 30.5 Å². The van der Waals surface area contributed by atoms with Crippen molar-refractivity contribution in [3.63, 3.8) is 0 Å². The third-order valence-corrected chi connectivity index (χ3v) is 2.73. The first-order valence-electron chi connectivity index (χ1n) is 4.52. The topological polar surface area (TPSA) is 48.0 Å². The zero-order valence-electron chi connectivity index (χ0n) is 8.15. The van der Waals surface area contributed by atoms with Gasteiger partial charge in [0.05, 0.1) is 15.7 Å². The maximum Gasteiger partial charge on any atom is 0.257 e. The van der Waals surface area contributed by atoms with Crippen LogP contribution < -0.4 is 11.3 Å². The first kappa shape index (κ1) is 11.0. The van der Waals surface area contributed by atoms with Crippen LogP contribution in [0, 0.1) is 0 Å². The predicted octanol–water partition coefficient (Wildman–Crippen LogP) is 2.73. The van der Waals surface area contributed by atoms with E-state index >= 15 is 0 Å². The number of pyridine rings is 1. The van der Waals surface area contributed by atoms with Crippen LogP contribution in [0.25, 0.3) is 5.69 Å². The molecular weight excluding hydrogens is 247 g/mol. The van der Waals surface area contributed by atoms with E-state index in [-0.39, 0.29) is 5.56 Å². The second-order valence-corrected chi connectivity index (χ2v) is 4.05. The van der Waals surface area contributed by atoms with Gasteiger partial charge in [0.2, 0.25) is 0 Å². The summed E-state index contributed by atoms with van der Waals surface area (Å²) in [5, 5.41) is 0.832. The monoisotopic (exact) mass is 254 g/mol. The van der Waals surface area contributed by atoms with Crippen molar-refractivity contribution in [1.82, 2.24) is 4.57 Å². The number of halogens is 2. The second-order valence-electron chi connectivity index (χ2n) is 3.24. The molecule has 0 unspecified atom stereocenters. The molecule has 0 spiro atoms. The number of nitrogen functional groups attached to an aromatic ring is 1. The molecule has 0 saturated heterocycles. The number of nitrogens with two attached hydrogens (primary N) is 1. The highest BCUT2D eigenvalue weighted by Gasteiger charge is 2.08. The molecule has 82 valence electrons. The minimum atomic E-state index is -0.269. The summed E-state index contributed by atoms with van der Waals surface area (Å²) < 4.78 is 1.36. The lowest BCUT2D eigenvalue weighted by Gasteiger charge is -2.09. The highest BCUT2D eigenvalue weighted by atomic mass is 35.5. The van der Waals surface area contributed by atoms with Crippen molar-refractivity contribution in [2.75, 3.05) is 5.73 Å². The Balaban J connectivity index is 2.73. The number of aromatic nitrogens is 1. The summed E-state index contributed by atoms with van der Waals surface area (Å²) in [7, 11) is 0. The molecule has 1 aromatic carbocycles. The molecule has 0 aliphatic rings. The summed E-state index contributed by atoms with van der Waals surface area (Å²) >= 11 is 12.0. The van der Waals surface area contributed by atoms with Gasteiger partial charge in [-0.2, -0.15) is 0 Å². The Morgan fingerprint density at radius 1 is 1.12 bits per heavy atom. The SMILES string of the molecule is Nc1ccn(-c2c(Cl)cccc2Cl)c(=O)c1. The van der Waals surface area contributed by atoms with Crippen LogP contribution in [0.4, 0.5) is 5.69 Å². The van der Waals surface area contributed by atoms with E-state index in [2.05, 4.69) is 0 Å². The maximum absolute atomic E-state index is 11.7. The summed E-state index contributed by atoms with van der Waals surface area (Å²) in [5.74, 6) is 0. The molecule has 0 saturated carbocycles. The number of para-hydroxylation sites is 1. The maximum atomic E-state index is 11.7. The average molecular weight is 255 g/mol. The Morgan fingerprint density at radius 3 is 2.31 bits per heavy atom. The smallest absolute Gasteiger partial charge is 0.257 e. The number of hydrogen-bond donors (Lipinski definition) is 1. The van der Waals surface area contributed by atoms with Crippen LogP contribution in [0.15, 0.2) is 41.3 Å². The van der Waals surface area contributed by atoms with Gasteiger partial charge in [0, 0.05) is 18.0 Å². The fourth-order valence-electron chi connectivity index (χ4n) is 1.40. The van der Waals surface area contributed by atoms with Crippen LogP contribution in [-0.2, 0) is 0 Å². The van der Waals surface area contributed by atoms with Crippen LogP contribution in [0.1, 0.15) is 0 Å². The van der Waals surface area contributed by atoms with Gasteiger partial charge in [-0.25, -0.2) is 0 Å². The molecule has 0 amide bonds. The lowest BCUT2D eigenvalue weighted by molar-refractivity contribution is 0.993. The number of benzene rings is 1. The molecule has 0 fully saturated rings. The molecule has 1 heterocycles. The number of rotatable bonds is 1. The van der Waals surface area contributed by atoms with E-state index in [0.29, 0.717) is 21.4 Å². The first-order valence-corrected chi connectivity index (χ1v) is 5.28. The van der Waals surface area contributed by atoms with Gasteiger partial charge in [-0.15, -0.1) is 0 Å². The number of anilines is 1. The van der Waals surface area contributed by atoms with Gasteiger partial charge in [0.15, 0.2) is 0 Å². The predicted molar refractivity (Wildman–Crippen MR) is 66.5 cm³/mol. The largest absolute Gasteiger partial charge is 0.399 e. The average Bonchev–Trinajstić information content (AvgIpc) is 2.20. The van der Waals surface area contributed by atoms with Gasteiger partial charge in [0.25, 0.3) is 5.56 Å². The third-order valence-electron chi connectivity index (χ3n) is 2.12. The summed E-state index contributed by atoms with van der Waals surface area (Å²) in [5.41, 5.74) is 6.11. The van der Waals surface area contributed by atoms with E-state index in [4.69, 9.17) is 28.9 Å². The van der Waals surface area contributed by atoms with E-state index in [1.807, 2.05) is 0 Å². The van der Waals surface area contributed by atoms with Gasteiger partial charge >= 0.3 is 0 Å². The molecule has 1 aromatic heterocycles. The van der Waals surface area contributed by atoms with Crippen molar-refractivity contribution < 1.29 is 0 Å². The van der Waals surface area contributed by atoms with Crippen molar-refractivity contribution in [2.24, 2.45) is 0 Å². The zero-order valence-corrected chi connectivity index (χ0v) is 9.66. The molecule has 0 aliphatic heterocycles. The fourth-order valence-corrected chi connectivity index (χ4v) is 1.98. The summed E-state index contributed by atoms with van der Waals surface area (Å²) in [4.78, 5) is 11.7. The normalized spacial score (nSPS) is 10.4. The van der Waals surface area contributed by atoms with Crippen LogP contribution in [0.3, 0.4) is 0 Å². The van der Waals surface area contributed by atoms with E-state index in [1.165, 1.54) is 10.6 Å². The van der Waals surface area contributed by atoms with Crippen molar-refractivity contribution in [3.05, 3.63) is 56.9 Å². The molecule has 3 nitrogen and oxygen atoms in total. The lowest BCUT2D eigenvalue weighted by atomic mass is 10.3. The molecule has 16 heavy (non-hydrogen) atoms. The highest BCUT2D eigenvalue weighted by Crippen LogP contribution is 2.27. The fraction of sp³-hybridized carbons (Fsp3) is 0. The molecule has 0 bridgehead atoms. The molecule has 5 heteroatoms. The minimum absolute atomic E-state index is 0.269. The van der Waals surface area contributed by atoms with Gasteiger partial charge in [-0.05, 0) is 18.2 Å². The standard InChI is InChI=1S/C11H8Cl2N2O/c12-8-2-1-3-9(13)11(8)15-5-4-7(14)6-10(15)16/h1-6H,14H2. The van der Waals surface area contributed by atoms with Crippen molar-refractivity contribution in [3.8, 4) is 5.69 Å². The second kappa shape index (κ2) is 4.20. The Labute approximate surface area is 102 Å². The van der Waals surface area contributed by atoms with E-state index < -0.39 is 0 Å². The molecule has 2 aromatic rings. The Bertz CT molecular complexity index is 573. The minimum Gasteiger partial charge on any atom is -0.399 e. The van der Waals surface area contributed by atoms with E-state index in [9.17, 15) is 4.79 Å². The van der Waals surface area contributed by atoms with Crippen LogP contribution in [-0.4, -0.2) is 4.57 Å². The summed E-state index contributed by atoms with van der Waals surface area (Å²) in [6.07, 6.45) is 1.55. The summed E-state index contributed by atoms with van der Waals surface area (Å²) in [6.45, 7) is 0. The van der Waals surface area contributed by atoms with Crippen molar-refractivity contribution in [1.29, 1.82) is 0 Å². The van der Waals surface area contributed by atoms with Gasteiger partial charge in [0.1, 0.15) is 0 Å². The summed E-state index contributed by atoms with van der Waals surface area (Å²) in [6, 6.07) is 7.99. The molecule has 0 atom stereocenters. The van der Waals surface area contributed by atoms with E-state index in [0.717, 1.165) is 0 Å². The van der Waals surface area contributed by atoms with Crippen molar-refractivity contribution in [2.45, 2.75) is 0 Å². The molecule has 2 N–H and O–H groups in total. The first-order chi connectivity index (χ1) is 7.59. The Hall–Kier alpha value is -1.45. The van der Waals surface area contributed by atoms with Gasteiger partial charge < -0.3 is 5.73 Å².